The molecule has 0 unspecified atom stereocenters. The van der Waals surface area contributed by atoms with Crippen molar-refractivity contribution in [1.82, 2.24) is 9.55 Å². The standard InChI is InChI=1S/C21H31N3O4Si/c1-14(25)22-17-6-5-7-18-19(17)23-21(27)24(18)16-10-8-15(9-11-16)20(26)28-12-13-29(2,3)4/h5-7,15-16H,8-13H2,1-4H3,(H,22,25)(H,23,27). The maximum atomic E-state index is 12.6. The number of ether oxygens (including phenoxy) is 1. The van der Waals surface area contributed by atoms with E-state index in [-0.39, 0.29) is 29.5 Å². The van der Waals surface area contributed by atoms with Gasteiger partial charge < -0.3 is 15.0 Å². The number of hydrogen-bond acceptors (Lipinski definition) is 4. The van der Waals surface area contributed by atoms with Crippen LogP contribution in [0.5, 0.6) is 0 Å². The summed E-state index contributed by atoms with van der Waals surface area (Å²) in [6.45, 7) is 8.76. The molecule has 0 radical (unpaired) electrons. The van der Waals surface area contributed by atoms with Crippen molar-refractivity contribution in [1.29, 1.82) is 0 Å². The molecule has 0 bridgehead atoms. The lowest BCUT2D eigenvalue weighted by atomic mass is 9.86. The first-order valence-electron chi connectivity index (χ1n) is 10.3. The minimum atomic E-state index is -1.21. The van der Waals surface area contributed by atoms with E-state index in [2.05, 4.69) is 29.9 Å². The van der Waals surface area contributed by atoms with Crippen LogP contribution >= 0.6 is 0 Å². The van der Waals surface area contributed by atoms with Gasteiger partial charge in [-0.2, -0.15) is 0 Å². The third-order valence-electron chi connectivity index (χ3n) is 5.56. The van der Waals surface area contributed by atoms with Crippen molar-refractivity contribution in [3.63, 3.8) is 0 Å². The van der Waals surface area contributed by atoms with Crippen LogP contribution in [-0.2, 0) is 14.3 Å². The topological polar surface area (TPSA) is 93.2 Å². The molecular weight excluding hydrogens is 386 g/mol. The zero-order valence-electron chi connectivity index (χ0n) is 17.7. The summed E-state index contributed by atoms with van der Waals surface area (Å²) < 4.78 is 7.28. The number of esters is 1. The molecule has 29 heavy (non-hydrogen) atoms. The number of rotatable bonds is 6. The van der Waals surface area contributed by atoms with Gasteiger partial charge in [0.05, 0.1) is 29.2 Å². The van der Waals surface area contributed by atoms with Crippen LogP contribution in [0.1, 0.15) is 38.6 Å². The van der Waals surface area contributed by atoms with Gasteiger partial charge in [-0.3, -0.25) is 14.2 Å². The molecule has 2 aromatic rings. The van der Waals surface area contributed by atoms with Gasteiger partial charge in [0.2, 0.25) is 5.91 Å². The number of para-hydroxylation sites is 1. The quantitative estimate of drug-likeness (QED) is 0.551. The highest BCUT2D eigenvalue weighted by Crippen LogP contribution is 2.34. The first-order valence-corrected chi connectivity index (χ1v) is 14.0. The molecule has 158 valence electrons. The number of aromatic nitrogens is 2. The van der Waals surface area contributed by atoms with Crippen molar-refractivity contribution >= 4 is 36.7 Å². The second-order valence-electron chi connectivity index (χ2n) is 9.16. The second kappa shape index (κ2) is 8.57. The molecule has 8 heteroatoms. The molecule has 1 aliphatic rings. The molecule has 2 N–H and O–H groups in total. The molecule has 0 aliphatic heterocycles. The summed E-state index contributed by atoms with van der Waals surface area (Å²) >= 11 is 0. The fraction of sp³-hybridized carbons (Fsp3) is 0.571. The first kappa shape index (κ1) is 21.4. The van der Waals surface area contributed by atoms with E-state index >= 15 is 0 Å². The number of nitrogens with one attached hydrogen (secondary N) is 2. The predicted molar refractivity (Wildman–Crippen MR) is 117 cm³/mol. The third kappa shape index (κ3) is 5.17. The van der Waals surface area contributed by atoms with Crippen LogP contribution in [0.4, 0.5) is 5.69 Å². The Bertz CT molecular complexity index is 949. The number of imidazole rings is 1. The highest BCUT2D eigenvalue weighted by molar-refractivity contribution is 6.76. The highest BCUT2D eigenvalue weighted by atomic mass is 28.3. The summed E-state index contributed by atoms with van der Waals surface area (Å²) in [5.74, 6) is -0.358. The van der Waals surface area contributed by atoms with E-state index in [1.165, 1.54) is 6.92 Å². The Kier molecular flexibility index (Phi) is 6.31. The van der Waals surface area contributed by atoms with Crippen molar-refractivity contribution in [3.05, 3.63) is 28.7 Å². The van der Waals surface area contributed by atoms with Crippen LogP contribution in [0.25, 0.3) is 11.0 Å². The number of H-pyrrole nitrogens is 1. The minimum Gasteiger partial charge on any atom is -0.466 e. The van der Waals surface area contributed by atoms with E-state index in [1.54, 1.807) is 10.6 Å². The summed E-state index contributed by atoms with van der Waals surface area (Å²) in [5.41, 5.74) is 1.84. The van der Waals surface area contributed by atoms with Gasteiger partial charge in [0, 0.05) is 21.0 Å². The molecule has 1 aromatic heterocycles. The number of carbonyl (C=O) groups excluding carboxylic acids is 2. The fourth-order valence-corrected chi connectivity index (χ4v) is 4.66. The van der Waals surface area contributed by atoms with Crippen molar-refractivity contribution in [2.24, 2.45) is 5.92 Å². The third-order valence-corrected chi connectivity index (χ3v) is 7.26. The van der Waals surface area contributed by atoms with Gasteiger partial charge in [-0.05, 0) is 43.9 Å². The summed E-state index contributed by atoms with van der Waals surface area (Å²) in [6.07, 6.45) is 2.96. The molecule has 1 heterocycles. The number of aromatic amines is 1. The van der Waals surface area contributed by atoms with Gasteiger partial charge in [-0.25, -0.2) is 4.79 Å². The van der Waals surface area contributed by atoms with Gasteiger partial charge >= 0.3 is 11.7 Å². The first-order chi connectivity index (χ1) is 13.7. The van der Waals surface area contributed by atoms with E-state index < -0.39 is 8.07 Å². The summed E-state index contributed by atoms with van der Waals surface area (Å²) in [7, 11) is -1.21. The smallest absolute Gasteiger partial charge is 0.326 e. The maximum Gasteiger partial charge on any atom is 0.326 e. The molecule has 0 atom stereocenters. The molecule has 3 rings (SSSR count). The van der Waals surface area contributed by atoms with Crippen molar-refractivity contribution in [2.75, 3.05) is 11.9 Å². The number of nitrogens with zero attached hydrogens (tertiary/aromatic N) is 1. The number of hydrogen-bond donors (Lipinski definition) is 2. The van der Waals surface area contributed by atoms with Crippen LogP contribution < -0.4 is 11.0 Å². The molecule has 0 spiro atoms. The van der Waals surface area contributed by atoms with Crippen LogP contribution in [0.15, 0.2) is 23.0 Å². The fourth-order valence-electron chi connectivity index (χ4n) is 3.95. The van der Waals surface area contributed by atoms with Crippen LogP contribution in [0.3, 0.4) is 0 Å². The Morgan fingerprint density at radius 1 is 1.21 bits per heavy atom. The van der Waals surface area contributed by atoms with Gasteiger partial charge in [0.1, 0.15) is 0 Å². The second-order valence-corrected chi connectivity index (χ2v) is 14.8. The highest BCUT2D eigenvalue weighted by Gasteiger charge is 2.30. The van der Waals surface area contributed by atoms with E-state index in [0.717, 1.165) is 37.2 Å². The monoisotopic (exact) mass is 417 g/mol. The van der Waals surface area contributed by atoms with E-state index in [9.17, 15) is 14.4 Å². The van der Waals surface area contributed by atoms with Gasteiger partial charge in [0.15, 0.2) is 0 Å². The summed E-state index contributed by atoms with van der Waals surface area (Å²) in [6, 6.07) is 6.51. The lowest BCUT2D eigenvalue weighted by molar-refractivity contribution is -0.149. The number of amides is 1. The van der Waals surface area contributed by atoms with Crippen molar-refractivity contribution in [2.45, 2.75) is 64.3 Å². The lowest BCUT2D eigenvalue weighted by Crippen LogP contribution is -2.30. The SMILES string of the molecule is CC(=O)Nc1cccc2c1[nH]c(=O)n2C1CCC(C(=O)OCC[Si](C)(C)C)CC1. The average Bonchev–Trinajstić information content (AvgIpc) is 2.97. The lowest BCUT2D eigenvalue weighted by Gasteiger charge is -2.28. The van der Waals surface area contributed by atoms with Crippen LogP contribution in [0.2, 0.25) is 25.7 Å². The Morgan fingerprint density at radius 2 is 1.90 bits per heavy atom. The van der Waals surface area contributed by atoms with E-state index in [1.807, 2.05) is 12.1 Å². The number of carbonyl (C=O) groups is 2. The Labute approximate surface area is 171 Å². The largest absolute Gasteiger partial charge is 0.466 e. The van der Waals surface area contributed by atoms with Crippen molar-refractivity contribution in [3.8, 4) is 0 Å². The molecule has 1 aliphatic carbocycles. The molecular formula is C21H31N3O4Si. The molecule has 0 saturated heterocycles. The number of benzene rings is 1. The molecule has 1 aromatic carbocycles. The van der Waals surface area contributed by atoms with Crippen molar-refractivity contribution < 1.29 is 14.3 Å². The van der Waals surface area contributed by atoms with Crippen LogP contribution in [0, 0.1) is 5.92 Å². The van der Waals surface area contributed by atoms with E-state index in [0.29, 0.717) is 17.8 Å². The molecule has 1 saturated carbocycles. The Morgan fingerprint density at radius 3 is 2.52 bits per heavy atom. The zero-order chi connectivity index (χ0) is 21.2. The predicted octanol–water partition coefficient (Wildman–Crippen LogP) is 3.90. The van der Waals surface area contributed by atoms with Gasteiger partial charge in [0.25, 0.3) is 0 Å². The van der Waals surface area contributed by atoms with E-state index in [4.69, 9.17) is 4.74 Å². The Balaban J connectivity index is 1.67. The van der Waals surface area contributed by atoms with Gasteiger partial charge in [-0.1, -0.05) is 25.7 Å². The maximum absolute atomic E-state index is 12.6. The average molecular weight is 418 g/mol. The molecule has 1 amide bonds. The Hall–Kier alpha value is -2.35. The summed E-state index contributed by atoms with van der Waals surface area (Å²) in [4.78, 5) is 39.3. The normalized spacial score (nSPS) is 19.9. The molecule has 1 fully saturated rings. The molecule has 7 nitrogen and oxygen atoms in total. The minimum absolute atomic E-state index is 0.0369. The zero-order valence-corrected chi connectivity index (χ0v) is 18.7. The number of anilines is 1. The van der Waals surface area contributed by atoms with Crippen LogP contribution in [-0.4, -0.2) is 36.1 Å². The summed E-state index contributed by atoms with van der Waals surface area (Å²) in [5, 5.41) is 2.76. The number of fused-ring (bicyclic) bond motifs is 1. The van der Waals surface area contributed by atoms with Gasteiger partial charge in [-0.15, -0.1) is 0 Å².